The predicted octanol–water partition coefficient (Wildman–Crippen LogP) is 3.76. The van der Waals surface area contributed by atoms with Gasteiger partial charge in [0.1, 0.15) is 6.10 Å². The van der Waals surface area contributed by atoms with E-state index >= 15 is 0 Å². The zero-order valence-electron chi connectivity index (χ0n) is 10.8. The summed E-state index contributed by atoms with van der Waals surface area (Å²) in [6.07, 6.45) is 0.625. The van der Waals surface area contributed by atoms with Crippen LogP contribution in [0.15, 0.2) is 59.2 Å². The van der Waals surface area contributed by atoms with Gasteiger partial charge in [-0.3, -0.25) is 0 Å². The summed E-state index contributed by atoms with van der Waals surface area (Å²) in [6.45, 7) is 0. The average Bonchev–Trinajstić information content (AvgIpc) is 3.00. The second kappa shape index (κ2) is 5.97. The van der Waals surface area contributed by atoms with Crippen LogP contribution in [0.2, 0.25) is 5.02 Å². The van der Waals surface area contributed by atoms with Crippen LogP contribution in [0, 0.1) is 0 Å². The molecule has 21 heavy (non-hydrogen) atoms. The highest BCUT2D eigenvalue weighted by molar-refractivity contribution is 9.10. The quantitative estimate of drug-likeness (QED) is 0.770. The van der Waals surface area contributed by atoms with Crippen molar-refractivity contribution in [2.75, 3.05) is 0 Å². The van der Waals surface area contributed by atoms with Gasteiger partial charge in [0.2, 0.25) is 0 Å². The lowest BCUT2D eigenvalue weighted by molar-refractivity contribution is 0.212. The van der Waals surface area contributed by atoms with Gasteiger partial charge >= 0.3 is 0 Å². The van der Waals surface area contributed by atoms with Crippen LogP contribution in [-0.4, -0.2) is 20.1 Å². The molecule has 0 saturated carbocycles. The molecule has 0 fully saturated rings. The number of para-hydroxylation sites is 1. The number of rotatable bonds is 3. The molecule has 0 aliphatic rings. The molecule has 0 spiro atoms. The maximum absolute atomic E-state index is 10.6. The molecule has 0 radical (unpaired) electrons. The van der Waals surface area contributed by atoms with Crippen molar-refractivity contribution in [3.63, 3.8) is 0 Å². The van der Waals surface area contributed by atoms with E-state index in [4.69, 9.17) is 11.6 Å². The van der Waals surface area contributed by atoms with E-state index in [1.54, 1.807) is 10.7 Å². The first-order chi connectivity index (χ1) is 10.2. The largest absolute Gasteiger partial charge is 0.382 e. The van der Waals surface area contributed by atoms with Gasteiger partial charge < -0.3 is 5.11 Å². The van der Waals surface area contributed by atoms with E-state index < -0.39 is 6.10 Å². The summed E-state index contributed by atoms with van der Waals surface area (Å²) in [6, 6.07) is 14.9. The van der Waals surface area contributed by atoms with E-state index in [0.717, 1.165) is 10.2 Å². The van der Waals surface area contributed by atoms with Crippen LogP contribution in [0.5, 0.6) is 0 Å². The Kier molecular flexibility index (Phi) is 4.05. The third kappa shape index (κ3) is 2.72. The second-order valence-electron chi connectivity index (χ2n) is 4.45. The summed E-state index contributed by atoms with van der Waals surface area (Å²) in [5.41, 5.74) is 1.99. The van der Waals surface area contributed by atoms with Gasteiger partial charge in [-0.05, 0) is 34.1 Å². The number of benzene rings is 2. The molecule has 1 heterocycles. The van der Waals surface area contributed by atoms with Crippen molar-refractivity contribution in [1.29, 1.82) is 0 Å². The van der Waals surface area contributed by atoms with Gasteiger partial charge in [0, 0.05) is 10.0 Å². The standard InChI is InChI=1S/C15H11BrClN3O/c16-12-8-4-7-11(14(12)17)15(21)13-9-18-19-20(13)10-5-2-1-3-6-10/h1-9,15,21H. The van der Waals surface area contributed by atoms with Crippen LogP contribution in [-0.2, 0) is 0 Å². The highest BCUT2D eigenvalue weighted by atomic mass is 79.9. The van der Waals surface area contributed by atoms with Crippen molar-refractivity contribution >= 4 is 27.5 Å². The Morgan fingerprint density at radius 3 is 2.62 bits per heavy atom. The van der Waals surface area contributed by atoms with E-state index in [2.05, 4.69) is 26.2 Å². The average molecular weight is 365 g/mol. The lowest BCUT2D eigenvalue weighted by Crippen LogP contribution is -2.09. The van der Waals surface area contributed by atoms with Crippen LogP contribution in [0.1, 0.15) is 17.4 Å². The Morgan fingerprint density at radius 2 is 1.86 bits per heavy atom. The molecule has 3 aromatic rings. The van der Waals surface area contributed by atoms with Gasteiger partial charge in [0.25, 0.3) is 0 Å². The van der Waals surface area contributed by atoms with Crippen molar-refractivity contribution in [2.45, 2.75) is 6.10 Å². The Balaban J connectivity index is 2.06. The normalized spacial score (nSPS) is 12.3. The number of halogens is 2. The molecule has 0 bridgehead atoms. The van der Waals surface area contributed by atoms with Crippen molar-refractivity contribution in [2.24, 2.45) is 0 Å². The van der Waals surface area contributed by atoms with E-state index in [-0.39, 0.29) is 0 Å². The SMILES string of the molecule is OC(c1cccc(Br)c1Cl)c1cnnn1-c1ccccc1. The molecule has 0 amide bonds. The number of hydrogen-bond donors (Lipinski definition) is 1. The fourth-order valence-electron chi connectivity index (χ4n) is 2.09. The van der Waals surface area contributed by atoms with Gasteiger partial charge in [-0.15, -0.1) is 5.10 Å². The number of nitrogens with zero attached hydrogens (tertiary/aromatic N) is 3. The van der Waals surface area contributed by atoms with Crippen LogP contribution in [0.4, 0.5) is 0 Å². The van der Waals surface area contributed by atoms with E-state index in [1.807, 2.05) is 42.5 Å². The van der Waals surface area contributed by atoms with E-state index in [0.29, 0.717) is 16.3 Å². The summed E-state index contributed by atoms with van der Waals surface area (Å²) in [4.78, 5) is 0. The molecule has 0 aliphatic heterocycles. The molecule has 2 aromatic carbocycles. The van der Waals surface area contributed by atoms with Crippen molar-refractivity contribution < 1.29 is 5.11 Å². The topological polar surface area (TPSA) is 50.9 Å². The monoisotopic (exact) mass is 363 g/mol. The molecule has 6 heteroatoms. The Bertz CT molecular complexity index is 761. The summed E-state index contributed by atoms with van der Waals surface area (Å²) >= 11 is 9.61. The predicted molar refractivity (Wildman–Crippen MR) is 84.6 cm³/mol. The van der Waals surface area contributed by atoms with Crippen LogP contribution < -0.4 is 0 Å². The van der Waals surface area contributed by atoms with Crippen molar-refractivity contribution in [3.8, 4) is 5.69 Å². The van der Waals surface area contributed by atoms with Crippen LogP contribution >= 0.6 is 27.5 Å². The molecule has 106 valence electrons. The summed E-state index contributed by atoms with van der Waals surface area (Å²) in [7, 11) is 0. The number of aliphatic hydroxyl groups is 1. The van der Waals surface area contributed by atoms with E-state index in [9.17, 15) is 5.11 Å². The maximum atomic E-state index is 10.6. The third-order valence-electron chi connectivity index (χ3n) is 3.13. The maximum Gasteiger partial charge on any atom is 0.124 e. The zero-order valence-corrected chi connectivity index (χ0v) is 13.2. The number of hydrogen-bond acceptors (Lipinski definition) is 3. The Morgan fingerprint density at radius 1 is 1.10 bits per heavy atom. The number of aromatic nitrogens is 3. The first-order valence-electron chi connectivity index (χ1n) is 6.26. The summed E-state index contributed by atoms with van der Waals surface area (Å²) in [5, 5.41) is 19.0. The lowest BCUT2D eigenvalue weighted by atomic mass is 10.1. The summed E-state index contributed by atoms with van der Waals surface area (Å²) in [5.74, 6) is 0. The molecule has 1 unspecified atom stereocenters. The molecule has 4 nitrogen and oxygen atoms in total. The van der Waals surface area contributed by atoms with Crippen molar-refractivity contribution in [1.82, 2.24) is 15.0 Å². The first kappa shape index (κ1) is 14.3. The van der Waals surface area contributed by atoms with Gasteiger partial charge in [-0.25, -0.2) is 4.68 Å². The van der Waals surface area contributed by atoms with Gasteiger partial charge in [-0.1, -0.05) is 47.1 Å². The molecule has 0 saturated heterocycles. The minimum Gasteiger partial charge on any atom is -0.382 e. The fourth-order valence-corrected chi connectivity index (χ4v) is 2.70. The highest BCUT2D eigenvalue weighted by Crippen LogP contribution is 2.33. The highest BCUT2D eigenvalue weighted by Gasteiger charge is 2.20. The van der Waals surface area contributed by atoms with Gasteiger partial charge in [0.05, 0.1) is 22.6 Å². The smallest absolute Gasteiger partial charge is 0.124 e. The lowest BCUT2D eigenvalue weighted by Gasteiger charge is -2.14. The minimum atomic E-state index is -0.912. The molecular weight excluding hydrogens is 354 g/mol. The van der Waals surface area contributed by atoms with E-state index in [1.165, 1.54) is 6.20 Å². The second-order valence-corrected chi connectivity index (χ2v) is 5.68. The Labute approximate surface area is 135 Å². The van der Waals surface area contributed by atoms with Crippen molar-refractivity contribution in [3.05, 3.63) is 75.5 Å². The zero-order chi connectivity index (χ0) is 14.8. The van der Waals surface area contributed by atoms with Crippen LogP contribution in [0.25, 0.3) is 5.69 Å². The summed E-state index contributed by atoms with van der Waals surface area (Å²) < 4.78 is 2.33. The molecule has 1 atom stereocenters. The first-order valence-corrected chi connectivity index (χ1v) is 7.43. The molecular formula is C15H11BrClN3O. The van der Waals surface area contributed by atoms with Crippen LogP contribution in [0.3, 0.4) is 0 Å². The minimum absolute atomic E-state index is 0.478. The van der Waals surface area contributed by atoms with Gasteiger partial charge in [-0.2, -0.15) is 0 Å². The fraction of sp³-hybridized carbons (Fsp3) is 0.0667. The third-order valence-corrected chi connectivity index (χ3v) is 4.44. The molecule has 3 rings (SSSR count). The molecule has 1 N–H and O–H groups in total. The molecule has 1 aromatic heterocycles. The molecule has 0 aliphatic carbocycles. The Hall–Kier alpha value is -1.69. The number of aliphatic hydroxyl groups excluding tert-OH is 1. The van der Waals surface area contributed by atoms with Gasteiger partial charge in [0.15, 0.2) is 0 Å².